The van der Waals surface area contributed by atoms with Crippen molar-refractivity contribution < 1.29 is 9.53 Å². The molecule has 0 aliphatic carbocycles. The van der Waals surface area contributed by atoms with Crippen LogP contribution in [0, 0.1) is 6.92 Å². The van der Waals surface area contributed by atoms with Crippen LogP contribution in [-0.2, 0) is 4.74 Å². The first-order valence-electron chi connectivity index (χ1n) is 7.41. The van der Waals surface area contributed by atoms with Crippen molar-refractivity contribution in [3.8, 4) is 0 Å². The van der Waals surface area contributed by atoms with E-state index >= 15 is 0 Å². The molecule has 1 aromatic carbocycles. The van der Waals surface area contributed by atoms with Crippen LogP contribution in [0.2, 0.25) is 5.02 Å². The number of halogens is 1. The maximum atomic E-state index is 12.6. The van der Waals surface area contributed by atoms with E-state index in [1.54, 1.807) is 36.1 Å². The summed E-state index contributed by atoms with van der Waals surface area (Å²) in [5, 5.41) is 0.656. The highest BCUT2D eigenvalue weighted by atomic mass is 35.5. The van der Waals surface area contributed by atoms with Gasteiger partial charge in [0.05, 0.1) is 13.2 Å². The second kappa shape index (κ2) is 6.56. The minimum Gasteiger partial charge on any atom is -0.370 e. The van der Waals surface area contributed by atoms with Crippen LogP contribution >= 0.6 is 11.6 Å². The van der Waals surface area contributed by atoms with Crippen molar-refractivity contribution in [2.45, 2.75) is 13.0 Å². The maximum absolute atomic E-state index is 12.6. The van der Waals surface area contributed by atoms with E-state index in [2.05, 4.69) is 4.98 Å². The van der Waals surface area contributed by atoms with Gasteiger partial charge in [-0.25, -0.2) is 0 Å². The molecule has 5 nitrogen and oxygen atoms in total. The average molecular weight is 333 g/mol. The lowest BCUT2D eigenvalue weighted by Crippen LogP contribution is -2.43. The summed E-state index contributed by atoms with van der Waals surface area (Å²) in [6.45, 7) is 3.09. The average Bonchev–Trinajstić information content (AvgIpc) is 2.55. The molecule has 1 unspecified atom stereocenters. The first-order chi connectivity index (χ1) is 11.0. The zero-order valence-electron chi connectivity index (χ0n) is 12.7. The zero-order valence-corrected chi connectivity index (χ0v) is 13.5. The third-order valence-corrected chi connectivity index (χ3v) is 4.13. The highest BCUT2D eigenvalue weighted by Gasteiger charge is 2.27. The molecule has 1 saturated heterocycles. The Kier molecular flexibility index (Phi) is 4.50. The molecule has 0 radical (unpaired) electrons. The van der Waals surface area contributed by atoms with E-state index in [9.17, 15) is 9.59 Å². The van der Waals surface area contributed by atoms with Crippen molar-refractivity contribution in [3.63, 3.8) is 0 Å². The topological polar surface area (TPSA) is 62.4 Å². The van der Waals surface area contributed by atoms with Crippen molar-refractivity contribution in [3.05, 3.63) is 68.6 Å². The number of nitrogens with zero attached hydrogens (tertiary/aromatic N) is 1. The molecule has 1 amide bonds. The van der Waals surface area contributed by atoms with Gasteiger partial charge >= 0.3 is 0 Å². The van der Waals surface area contributed by atoms with Gasteiger partial charge in [0.2, 0.25) is 0 Å². The molecule has 1 atom stereocenters. The minimum atomic E-state index is -0.357. The Morgan fingerprint density at radius 2 is 2.00 bits per heavy atom. The lowest BCUT2D eigenvalue weighted by atomic mass is 10.1. The first kappa shape index (κ1) is 15.8. The molecule has 0 spiro atoms. The number of nitrogens with one attached hydrogen (secondary N) is 1. The fourth-order valence-corrected chi connectivity index (χ4v) is 2.75. The molecule has 120 valence electrons. The Balaban J connectivity index is 1.79. The van der Waals surface area contributed by atoms with Crippen molar-refractivity contribution in [2.75, 3.05) is 19.7 Å². The van der Waals surface area contributed by atoms with E-state index in [1.807, 2.05) is 12.1 Å². The molecular weight excluding hydrogens is 316 g/mol. The van der Waals surface area contributed by atoms with Gasteiger partial charge in [-0.2, -0.15) is 0 Å². The number of H-pyrrole nitrogens is 1. The Morgan fingerprint density at radius 1 is 1.26 bits per heavy atom. The van der Waals surface area contributed by atoms with Gasteiger partial charge in [-0.05, 0) is 36.8 Å². The summed E-state index contributed by atoms with van der Waals surface area (Å²) in [6, 6.07) is 10.7. The molecule has 1 aliphatic heterocycles. The number of pyridine rings is 1. The first-order valence-corrected chi connectivity index (χ1v) is 7.78. The van der Waals surface area contributed by atoms with Gasteiger partial charge in [0.25, 0.3) is 11.5 Å². The fraction of sp³-hybridized carbons (Fsp3) is 0.294. The predicted octanol–water partition coefficient (Wildman–Crippen LogP) is 2.55. The van der Waals surface area contributed by atoms with E-state index in [4.69, 9.17) is 16.3 Å². The zero-order chi connectivity index (χ0) is 16.4. The molecule has 3 rings (SSSR count). The van der Waals surface area contributed by atoms with Gasteiger partial charge in [0, 0.05) is 17.3 Å². The number of aryl methyl sites for hydroxylation is 1. The van der Waals surface area contributed by atoms with Gasteiger partial charge in [-0.1, -0.05) is 23.7 Å². The third-order valence-electron chi connectivity index (χ3n) is 3.88. The number of carbonyl (C=O) groups excluding carboxylic acids is 1. The molecular formula is C17H17ClN2O3. The summed E-state index contributed by atoms with van der Waals surface area (Å²) in [6.07, 6.45) is -0.213. The van der Waals surface area contributed by atoms with Crippen LogP contribution in [0.3, 0.4) is 0 Å². The Morgan fingerprint density at radius 3 is 2.70 bits per heavy atom. The third kappa shape index (κ3) is 3.46. The quantitative estimate of drug-likeness (QED) is 0.919. The van der Waals surface area contributed by atoms with E-state index < -0.39 is 0 Å². The summed E-state index contributed by atoms with van der Waals surface area (Å²) < 4.78 is 5.75. The monoisotopic (exact) mass is 332 g/mol. The van der Waals surface area contributed by atoms with Crippen LogP contribution in [0.25, 0.3) is 0 Å². The molecule has 1 N–H and O–H groups in total. The van der Waals surface area contributed by atoms with E-state index in [0.29, 0.717) is 24.7 Å². The number of amides is 1. The van der Waals surface area contributed by atoms with Gasteiger partial charge in [-0.15, -0.1) is 0 Å². The van der Waals surface area contributed by atoms with Crippen molar-refractivity contribution >= 4 is 17.5 Å². The molecule has 0 saturated carbocycles. The van der Waals surface area contributed by atoms with E-state index in [-0.39, 0.29) is 23.1 Å². The molecule has 2 heterocycles. The summed E-state index contributed by atoms with van der Waals surface area (Å²) in [7, 11) is 0. The molecule has 1 fully saturated rings. The van der Waals surface area contributed by atoms with Crippen LogP contribution in [-0.4, -0.2) is 35.5 Å². The second-order valence-electron chi connectivity index (χ2n) is 5.55. The van der Waals surface area contributed by atoms with Gasteiger partial charge in [-0.3, -0.25) is 9.59 Å². The maximum Gasteiger partial charge on any atom is 0.260 e. The highest BCUT2D eigenvalue weighted by Crippen LogP contribution is 2.24. The van der Waals surface area contributed by atoms with Crippen LogP contribution in [0.1, 0.15) is 27.7 Å². The summed E-state index contributed by atoms with van der Waals surface area (Å²) in [4.78, 5) is 28.9. The van der Waals surface area contributed by atoms with Gasteiger partial charge in [0.15, 0.2) is 0 Å². The number of hydrogen-bond acceptors (Lipinski definition) is 3. The molecule has 1 aromatic heterocycles. The molecule has 23 heavy (non-hydrogen) atoms. The standard InChI is InChI=1S/C17H17ClN2O3/c1-11-2-7-14(16(21)19-11)17(22)20-8-9-23-15(10-20)12-3-5-13(18)6-4-12/h2-7,15H,8-10H2,1H3,(H,19,21). The van der Waals surface area contributed by atoms with Crippen LogP contribution in [0.4, 0.5) is 0 Å². The number of ether oxygens (including phenoxy) is 1. The van der Waals surface area contributed by atoms with Gasteiger partial charge < -0.3 is 14.6 Å². The summed E-state index contributed by atoms with van der Waals surface area (Å²) in [5.74, 6) is -0.270. The summed E-state index contributed by atoms with van der Waals surface area (Å²) in [5.41, 5.74) is 1.49. The Bertz CT molecular complexity index is 770. The second-order valence-corrected chi connectivity index (χ2v) is 5.98. The molecule has 2 aromatic rings. The number of aromatic nitrogens is 1. The number of aromatic amines is 1. The van der Waals surface area contributed by atoms with E-state index in [0.717, 1.165) is 11.3 Å². The lowest BCUT2D eigenvalue weighted by molar-refractivity contribution is -0.0228. The Hall–Kier alpha value is -2.11. The number of rotatable bonds is 2. The molecule has 6 heteroatoms. The number of morpholine rings is 1. The Labute approximate surface area is 138 Å². The fourth-order valence-electron chi connectivity index (χ4n) is 2.62. The number of benzene rings is 1. The lowest BCUT2D eigenvalue weighted by Gasteiger charge is -2.33. The predicted molar refractivity (Wildman–Crippen MR) is 87.8 cm³/mol. The highest BCUT2D eigenvalue weighted by molar-refractivity contribution is 6.30. The molecule has 1 aliphatic rings. The van der Waals surface area contributed by atoms with Crippen LogP contribution in [0.15, 0.2) is 41.2 Å². The number of carbonyl (C=O) groups is 1. The van der Waals surface area contributed by atoms with E-state index in [1.165, 1.54) is 0 Å². The normalized spacial score (nSPS) is 18.0. The SMILES string of the molecule is Cc1ccc(C(=O)N2CCOC(c3ccc(Cl)cc3)C2)c(=O)[nH]1. The van der Waals surface area contributed by atoms with Crippen molar-refractivity contribution in [1.29, 1.82) is 0 Å². The smallest absolute Gasteiger partial charge is 0.260 e. The van der Waals surface area contributed by atoms with Crippen LogP contribution in [0.5, 0.6) is 0 Å². The van der Waals surface area contributed by atoms with Crippen molar-refractivity contribution in [1.82, 2.24) is 9.88 Å². The molecule has 0 bridgehead atoms. The van der Waals surface area contributed by atoms with Crippen molar-refractivity contribution in [2.24, 2.45) is 0 Å². The van der Waals surface area contributed by atoms with Crippen LogP contribution < -0.4 is 5.56 Å². The summed E-state index contributed by atoms with van der Waals surface area (Å²) >= 11 is 5.90. The van der Waals surface area contributed by atoms with Gasteiger partial charge in [0.1, 0.15) is 11.7 Å². The minimum absolute atomic E-state index is 0.160. The number of hydrogen-bond donors (Lipinski definition) is 1. The largest absolute Gasteiger partial charge is 0.370 e.